The number of pyridine rings is 1. The number of piperidine rings is 1. The molecule has 0 aliphatic carbocycles. The maximum atomic E-state index is 13.9. The fourth-order valence-corrected chi connectivity index (χ4v) is 2.75. The second kappa shape index (κ2) is 7.37. The molecule has 6 heteroatoms. The van der Waals surface area contributed by atoms with Gasteiger partial charge in [-0.15, -0.1) is 0 Å². The first-order valence-corrected chi connectivity index (χ1v) is 7.83. The minimum Gasteiger partial charge on any atom is -0.471 e. The molecule has 0 radical (unpaired) electrons. The van der Waals surface area contributed by atoms with E-state index in [1.165, 1.54) is 18.2 Å². The molecule has 1 aromatic heterocycles. The fraction of sp³-hybridized carbons (Fsp3) is 0.333. The Kier molecular flexibility index (Phi) is 5.02. The van der Waals surface area contributed by atoms with Crippen molar-refractivity contribution in [3.8, 4) is 5.88 Å². The quantitative estimate of drug-likeness (QED) is 0.863. The first-order chi connectivity index (χ1) is 11.7. The van der Waals surface area contributed by atoms with Crippen molar-refractivity contribution in [1.82, 2.24) is 10.3 Å². The van der Waals surface area contributed by atoms with Gasteiger partial charge in [-0.2, -0.15) is 0 Å². The van der Waals surface area contributed by atoms with E-state index in [9.17, 15) is 8.78 Å². The summed E-state index contributed by atoms with van der Waals surface area (Å²) < 4.78 is 33.2. The van der Waals surface area contributed by atoms with Crippen LogP contribution in [0.3, 0.4) is 0 Å². The van der Waals surface area contributed by atoms with Crippen molar-refractivity contribution >= 4 is 5.69 Å². The van der Waals surface area contributed by atoms with Gasteiger partial charge in [-0.1, -0.05) is 12.1 Å². The molecule has 0 saturated carbocycles. The lowest BCUT2D eigenvalue weighted by Crippen LogP contribution is -2.27. The van der Waals surface area contributed by atoms with E-state index in [0.717, 1.165) is 37.7 Å². The number of aromatic nitrogens is 1. The van der Waals surface area contributed by atoms with Crippen LogP contribution in [0.4, 0.5) is 14.5 Å². The van der Waals surface area contributed by atoms with Crippen molar-refractivity contribution in [2.75, 3.05) is 13.1 Å². The summed E-state index contributed by atoms with van der Waals surface area (Å²) in [4.78, 5) is 7.44. The van der Waals surface area contributed by atoms with Crippen LogP contribution in [0.1, 0.15) is 30.0 Å². The van der Waals surface area contributed by atoms with Crippen LogP contribution >= 0.6 is 0 Å². The molecule has 0 unspecified atom stereocenters. The maximum absolute atomic E-state index is 13.9. The molecule has 0 atom stereocenters. The van der Waals surface area contributed by atoms with Gasteiger partial charge >= 0.3 is 0 Å². The smallest absolute Gasteiger partial charge is 0.250 e. The summed E-state index contributed by atoms with van der Waals surface area (Å²) in [6.07, 6.45) is 1.90. The fourth-order valence-electron chi connectivity index (χ4n) is 2.75. The zero-order valence-corrected chi connectivity index (χ0v) is 13.1. The number of hydrogen-bond donors (Lipinski definition) is 1. The van der Waals surface area contributed by atoms with Crippen LogP contribution in [0.2, 0.25) is 0 Å². The molecule has 124 valence electrons. The molecule has 2 aromatic rings. The van der Waals surface area contributed by atoms with E-state index >= 15 is 0 Å². The molecule has 1 saturated heterocycles. The van der Waals surface area contributed by atoms with Gasteiger partial charge in [0, 0.05) is 17.2 Å². The lowest BCUT2D eigenvalue weighted by atomic mass is 9.94. The monoisotopic (exact) mass is 329 g/mol. The van der Waals surface area contributed by atoms with E-state index in [1.807, 2.05) is 0 Å². The average molecular weight is 329 g/mol. The molecule has 1 aliphatic rings. The maximum Gasteiger partial charge on any atom is 0.250 e. The van der Waals surface area contributed by atoms with Crippen LogP contribution in [0.5, 0.6) is 5.88 Å². The third-order valence-corrected chi connectivity index (χ3v) is 4.12. The van der Waals surface area contributed by atoms with E-state index in [1.54, 1.807) is 6.07 Å². The Bertz CT molecular complexity index is 767. The predicted octanol–water partition coefficient (Wildman–Crippen LogP) is 3.96. The molecule has 0 spiro atoms. The summed E-state index contributed by atoms with van der Waals surface area (Å²) in [6, 6.07) is 7.14. The van der Waals surface area contributed by atoms with Crippen LogP contribution in [-0.4, -0.2) is 18.1 Å². The van der Waals surface area contributed by atoms with Gasteiger partial charge in [0.25, 0.3) is 5.88 Å². The first kappa shape index (κ1) is 16.3. The van der Waals surface area contributed by atoms with E-state index in [-0.39, 0.29) is 29.7 Å². The van der Waals surface area contributed by atoms with Gasteiger partial charge in [0.1, 0.15) is 12.4 Å². The highest BCUT2D eigenvalue weighted by molar-refractivity contribution is 5.46. The molecule has 1 aromatic carbocycles. The highest BCUT2D eigenvalue weighted by Crippen LogP contribution is 2.27. The zero-order chi connectivity index (χ0) is 16.9. The molecular weight excluding hydrogens is 312 g/mol. The van der Waals surface area contributed by atoms with Gasteiger partial charge in [0.15, 0.2) is 11.5 Å². The molecule has 1 fully saturated rings. The minimum absolute atomic E-state index is 0.111. The summed E-state index contributed by atoms with van der Waals surface area (Å²) in [5, 5.41) is 3.28. The number of nitrogens with zero attached hydrogens (tertiary/aromatic N) is 2. The summed E-state index contributed by atoms with van der Waals surface area (Å²) in [5.41, 5.74) is 1.28. The van der Waals surface area contributed by atoms with Gasteiger partial charge in [0.2, 0.25) is 0 Å². The van der Waals surface area contributed by atoms with Crippen molar-refractivity contribution in [1.29, 1.82) is 0 Å². The Balaban J connectivity index is 1.74. The topological polar surface area (TPSA) is 38.5 Å². The lowest BCUT2D eigenvalue weighted by molar-refractivity contribution is 0.270. The van der Waals surface area contributed by atoms with Gasteiger partial charge in [0.05, 0.1) is 6.57 Å². The third kappa shape index (κ3) is 3.69. The Hall–Kier alpha value is -2.52. The Morgan fingerprint density at radius 2 is 1.96 bits per heavy atom. The summed E-state index contributed by atoms with van der Waals surface area (Å²) in [7, 11) is 0. The molecule has 1 N–H and O–H groups in total. The van der Waals surface area contributed by atoms with Crippen molar-refractivity contribution in [3.05, 3.63) is 64.6 Å². The van der Waals surface area contributed by atoms with Gasteiger partial charge in [-0.25, -0.2) is 18.6 Å². The predicted molar refractivity (Wildman–Crippen MR) is 86.0 cm³/mol. The number of halogens is 2. The van der Waals surface area contributed by atoms with Gasteiger partial charge in [-0.05, 0) is 44.1 Å². The largest absolute Gasteiger partial charge is 0.471 e. The van der Waals surface area contributed by atoms with E-state index in [2.05, 4.69) is 15.1 Å². The second-order valence-electron chi connectivity index (χ2n) is 5.72. The number of ether oxygens (including phenoxy) is 1. The summed E-state index contributed by atoms with van der Waals surface area (Å²) >= 11 is 0. The van der Waals surface area contributed by atoms with E-state index in [4.69, 9.17) is 11.3 Å². The average Bonchev–Trinajstić information content (AvgIpc) is 2.62. The highest BCUT2D eigenvalue weighted by Gasteiger charge is 2.18. The Morgan fingerprint density at radius 1 is 1.17 bits per heavy atom. The van der Waals surface area contributed by atoms with Crippen molar-refractivity contribution in [2.45, 2.75) is 25.4 Å². The summed E-state index contributed by atoms with van der Waals surface area (Å²) in [5.74, 6) is -0.937. The molecule has 2 heterocycles. The third-order valence-electron chi connectivity index (χ3n) is 4.12. The molecule has 1 aliphatic heterocycles. The molecule has 0 bridgehead atoms. The van der Waals surface area contributed by atoms with Crippen LogP contribution < -0.4 is 10.1 Å². The lowest BCUT2D eigenvalue weighted by Gasteiger charge is -2.22. The Morgan fingerprint density at radius 3 is 2.67 bits per heavy atom. The van der Waals surface area contributed by atoms with E-state index < -0.39 is 11.6 Å². The SMILES string of the molecule is [C-]#[N+]c1ccc(COc2nc(C3CCNCC3)ccc2F)c(F)c1. The zero-order valence-electron chi connectivity index (χ0n) is 13.1. The molecule has 24 heavy (non-hydrogen) atoms. The summed E-state index contributed by atoms with van der Waals surface area (Å²) in [6.45, 7) is 8.55. The van der Waals surface area contributed by atoms with Gasteiger partial charge in [-0.3, -0.25) is 0 Å². The van der Waals surface area contributed by atoms with Crippen LogP contribution in [0.25, 0.3) is 4.85 Å². The molecule has 0 amide bonds. The minimum atomic E-state index is -0.564. The highest BCUT2D eigenvalue weighted by atomic mass is 19.1. The number of hydrogen-bond acceptors (Lipinski definition) is 3. The first-order valence-electron chi connectivity index (χ1n) is 7.83. The van der Waals surface area contributed by atoms with Crippen molar-refractivity contribution in [3.63, 3.8) is 0 Å². The van der Waals surface area contributed by atoms with E-state index in [0.29, 0.717) is 0 Å². The van der Waals surface area contributed by atoms with Gasteiger partial charge < -0.3 is 10.1 Å². The molecule has 3 rings (SSSR count). The van der Waals surface area contributed by atoms with Crippen LogP contribution in [0.15, 0.2) is 30.3 Å². The van der Waals surface area contributed by atoms with Crippen LogP contribution in [-0.2, 0) is 6.61 Å². The Labute approximate surface area is 139 Å². The standard InChI is InChI=1S/C18H17F2N3O/c1-21-14-3-2-13(16(20)10-14)11-24-18-15(19)4-5-17(23-18)12-6-8-22-9-7-12/h2-5,10,12,22H,6-9,11H2. The number of rotatable bonds is 4. The van der Waals surface area contributed by atoms with Crippen LogP contribution in [0, 0.1) is 18.2 Å². The van der Waals surface area contributed by atoms with Crippen molar-refractivity contribution in [2.24, 2.45) is 0 Å². The molecule has 4 nitrogen and oxygen atoms in total. The molecular formula is C18H17F2N3O. The number of benzene rings is 1. The number of nitrogens with one attached hydrogen (secondary N) is 1. The van der Waals surface area contributed by atoms with Crippen molar-refractivity contribution < 1.29 is 13.5 Å². The second-order valence-corrected chi connectivity index (χ2v) is 5.72. The normalized spacial score (nSPS) is 15.0.